The van der Waals surface area contributed by atoms with E-state index >= 15 is 0 Å². The van der Waals surface area contributed by atoms with Crippen LogP contribution in [0.15, 0.2) is 28.5 Å². The first-order valence-corrected chi connectivity index (χ1v) is 12.5. The van der Waals surface area contributed by atoms with Crippen molar-refractivity contribution in [2.45, 2.75) is 18.2 Å². The maximum absolute atomic E-state index is 12.9. The van der Waals surface area contributed by atoms with Gasteiger partial charge in [0, 0.05) is 34.5 Å². The third kappa shape index (κ3) is 4.92. The molecule has 0 atom stereocenters. The molecule has 0 saturated carbocycles. The van der Waals surface area contributed by atoms with Gasteiger partial charge < -0.3 is 4.90 Å². The number of nitrogens with one attached hydrogen (secondary N) is 1. The fourth-order valence-electron chi connectivity index (χ4n) is 2.86. The molecule has 1 amide bonds. The maximum atomic E-state index is 12.9. The molecule has 5 nitrogen and oxygen atoms in total. The Bertz CT molecular complexity index is 931. The highest BCUT2D eigenvalue weighted by Crippen LogP contribution is 2.32. The Morgan fingerprint density at radius 1 is 1.26 bits per heavy atom. The topological polar surface area (TPSA) is 66.5 Å². The van der Waals surface area contributed by atoms with Crippen LogP contribution in [0.3, 0.4) is 0 Å². The van der Waals surface area contributed by atoms with Gasteiger partial charge in [0.05, 0.1) is 17.1 Å². The molecule has 146 valence electrons. The van der Waals surface area contributed by atoms with Gasteiger partial charge in [-0.1, -0.05) is 23.2 Å². The minimum atomic E-state index is -3.91. The lowest BCUT2D eigenvalue weighted by Crippen LogP contribution is -2.38. The van der Waals surface area contributed by atoms with Crippen LogP contribution >= 0.6 is 46.3 Å². The average molecular weight is 465 g/mol. The van der Waals surface area contributed by atoms with Gasteiger partial charge in [0.1, 0.15) is 4.90 Å². The highest BCUT2D eigenvalue weighted by Gasteiger charge is 2.24. The van der Waals surface area contributed by atoms with Crippen LogP contribution in [0.5, 0.6) is 0 Å². The van der Waals surface area contributed by atoms with Crippen molar-refractivity contribution in [1.82, 2.24) is 4.90 Å². The van der Waals surface area contributed by atoms with Gasteiger partial charge in [0.2, 0.25) is 5.91 Å². The number of carbonyl (C=O) groups is 1. The second kappa shape index (κ2) is 8.61. The Morgan fingerprint density at radius 3 is 2.63 bits per heavy atom. The number of sulfonamides is 1. The lowest BCUT2D eigenvalue weighted by atomic mass is 10.2. The Morgan fingerprint density at radius 2 is 1.96 bits per heavy atom. The number of aryl methyl sites for hydroxylation is 1. The molecule has 0 radical (unpaired) electrons. The van der Waals surface area contributed by atoms with Crippen LogP contribution in [0.1, 0.15) is 10.4 Å². The molecule has 1 aromatic carbocycles. The Balaban J connectivity index is 1.81. The number of rotatable bonds is 5. The number of hydrogen-bond donors (Lipinski definition) is 1. The monoisotopic (exact) mass is 464 g/mol. The summed E-state index contributed by atoms with van der Waals surface area (Å²) in [6, 6.07) is 4.61. The van der Waals surface area contributed by atoms with E-state index in [1.807, 2.05) is 16.7 Å². The standard InChI is InChI=1S/C17H18Cl2N2O3S3/c1-11-8-12(18)9-13(19)17(11)27(23,24)20-14-2-5-26-15(14)10-16(22)21-3-6-25-7-4-21/h2,5,8-9,20H,3-4,6-7,10H2,1H3. The van der Waals surface area contributed by atoms with Gasteiger partial charge >= 0.3 is 0 Å². The van der Waals surface area contributed by atoms with Gasteiger partial charge in [-0.2, -0.15) is 11.8 Å². The van der Waals surface area contributed by atoms with E-state index in [2.05, 4.69) is 4.72 Å². The minimum Gasteiger partial charge on any atom is -0.341 e. The Hall–Kier alpha value is -0.930. The number of anilines is 1. The number of hydrogen-bond acceptors (Lipinski definition) is 5. The molecule has 1 N–H and O–H groups in total. The zero-order valence-corrected chi connectivity index (χ0v) is 18.5. The first kappa shape index (κ1) is 20.8. The van der Waals surface area contributed by atoms with Crippen molar-refractivity contribution >= 4 is 67.9 Å². The smallest absolute Gasteiger partial charge is 0.263 e. The lowest BCUT2D eigenvalue weighted by Gasteiger charge is -2.26. The molecule has 1 aliphatic rings. The Kier molecular flexibility index (Phi) is 6.63. The van der Waals surface area contributed by atoms with Crippen molar-refractivity contribution in [2.24, 2.45) is 0 Å². The van der Waals surface area contributed by atoms with Crippen molar-refractivity contribution in [1.29, 1.82) is 0 Å². The number of carbonyl (C=O) groups excluding carboxylic acids is 1. The van der Waals surface area contributed by atoms with Crippen LogP contribution in [-0.2, 0) is 21.2 Å². The van der Waals surface area contributed by atoms with Crippen LogP contribution < -0.4 is 4.72 Å². The third-order valence-corrected chi connectivity index (χ3v) is 8.19. The molecule has 3 rings (SSSR count). The number of amides is 1. The summed E-state index contributed by atoms with van der Waals surface area (Å²) >= 11 is 15.2. The van der Waals surface area contributed by atoms with Crippen molar-refractivity contribution < 1.29 is 13.2 Å². The van der Waals surface area contributed by atoms with Gasteiger partial charge in [-0.05, 0) is 36.1 Å². The molecule has 10 heteroatoms. The van der Waals surface area contributed by atoms with Crippen molar-refractivity contribution in [2.75, 3.05) is 29.3 Å². The molecule has 27 heavy (non-hydrogen) atoms. The molecule has 2 aromatic rings. The molecule has 1 saturated heterocycles. The predicted molar refractivity (Wildman–Crippen MR) is 114 cm³/mol. The summed E-state index contributed by atoms with van der Waals surface area (Å²) in [4.78, 5) is 15.0. The van der Waals surface area contributed by atoms with Gasteiger partial charge in [0.15, 0.2) is 0 Å². The molecule has 1 aromatic heterocycles. The van der Waals surface area contributed by atoms with E-state index in [0.29, 0.717) is 21.2 Å². The molecule has 1 aliphatic heterocycles. The molecule has 0 bridgehead atoms. The van der Waals surface area contributed by atoms with Crippen LogP contribution in [0, 0.1) is 6.92 Å². The van der Waals surface area contributed by atoms with E-state index in [0.717, 1.165) is 24.6 Å². The highest BCUT2D eigenvalue weighted by atomic mass is 35.5. The van der Waals surface area contributed by atoms with Gasteiger partial charge in [-0.15, -0.1) is 11.3 Å². The quantitative estimate of drug-likeness (QED) is 0.716. The zero-order chi connectivity index (χ0) is 19.6. The summed E-state index contributed by atoms with van der Waals surface area (Å²) in [5, 5.41) is 2.20. The SMILES string of the molecule is Cc1cc(Cl)cc(Cl)c1S(=O)(=O)Nc1ccsc1CC(=O)N1CCSCC1. The zero-order valence-electron chi connectivity index (χ0n) is 14.5. The summed E-state index contributed by atoms with van der Waals surface area (Å²) in [6.45, 7) is 3.10. The third-order valence-electron chi connectivity index (χ3n) is 4.13. The fourth-order valence-corrected chi connectivity index (χ4v) is 6.93. The highest BCUT2D eigenvalue weighted by molar-refractivity contribution is 7.99. The molecular formula is C17H18Cl2N2O3S3. The van der Waals surface area contributed by atoms with Crippen molar-refractivity contribution in [3.63, 3.8) is 0 Å². The van der Waals surface area contributed by atoms with E-state index in [1.54, 1.807) is 24.4 Å². The first-order valence-electron chi connectivity index (χ1n) is 8.18. The van der Waals surface area contributed by atoms with E-state index in [4.69, 9.17) is 23.2 Å². The first-order chi connectivity index (χ1) is 12.8. The van der Waals surface area contributed by atoms with Crippen LogP contribution in [0.25, 0.3) is 0 Å². The summed E-state index contributed by atoms with van der Waals surface area (Å²) in [5.74, 6) is 1.88. The summed E-state index contributed by atoms with van der Waals surface area (Å²) in [7, 11) is -3.91. The van der Waals surface area contributed by atoms with Crippen molar-refractivity contribution in [3.05, 3.63) is 44.1 Å². The summed E-state index contributed by atoms with van der Waals surface area (Å²) in [5.41, 5.74) is 0.865. The van der Waals surface area contributed by atoms with Gasteiger partial charge in [-0.3, -0.25) is 9.52 Å². The number of thioether (sulfide) groups is 1. The largest absolute Gasteiger partial charge is 0.341 e. The van der Waals surface area contributed by atoms with Crippen LogP contribution in [0.2, 0.25) is 10.0 Å². The van der Waals surface area contributed by atoms with Crippen molar-refractivity contribution in [3.8, 4) is 0 Å². The predicted octanol–water partition coefficient (Wildman–Crippen LogP) is 4.28. The second-order valence-electron chi connectivity index (χ2n) is 6.07. The average Bonchev–Trinajstić information content (AvgIpc) is 3.00. The normalized spacial score (nSPS) is 15.0. The molecule has 1 fully saturated rings. The van der Waals surface area contributed by atoms with Gasteiger partial charge in [0.25, 0.3) is 10.0 Å². The molecular weight excluding hydrogens is 447 g/mol. The van der Waals surface area contributed by atoms with Crippen LogP contribution in [0.4, 0.5) is 5.69 Å². The van der Waals surface area contributed by atoms with Gasteiger partial charge in [-0.25, -0.2) is 8.42 Å². The number of nitrogens with zero attached hydrogens (tertiary/aromatic N) is 1. The fraction of sp³-hybridized carbons (Fsp3) is 0.353. The van der Waals surface area contributed by atoms with E-state index in [9.17, 15) is 13.2 Å². The lowest BCUT2D eigenvalue weighted by molar-refractivity contribution is -0.130. The Labute approximate surface area is 177 Å². The number of benzene rings is 1. The maximum Gasteiger partial charge on any atom is 0.263 e. The van der Waals surface area contributed by atoms with Crippen LogP contribution in [-0.4, -0.2) is 43.8 Å². The van der Waals surface area contributed by atoms with E-state index in [-0.39, 0.29) is 22.2 Å². The number of halogens is 2. The summed E-state index contributed by atoms with van der Waals surface area (Å²) < 4.78 is 28.3. The molecule has 2 heterocycles. The minimum absolute atomic E-state index is 0.00917. The molecule has 0 unspecified atom stereocenters. The molecule has 0 spiro atoms. The number of thiophene rings is 1. The summed E-state index contributed by atoms with van der Waals surface area (Å²) in [6.07, 6.45) is 0.174. The van der Waals surface area contributed by atoms with E-state index in [1.165, 1.54) is 17.4 Å². The molecule has 0 aliphatic carbocycles. The van der Waals surface area contributed by atoms with E-state index < -0.39 is 10.0 Å². The second-order valence-corrected chi connectivity index (χ2v) is 10.8.